The first-order valence-electron chi connectivity index (χ1n) is 10.2. The van der Waals surface area contributed by atoms with Gasteiger partial charge in [-0.1, -0.05) is 42.5 Å². The number of para-hydroxylation sites is 1. The second kappa shape index (κ2) is 9.96. The van der Waals surface area contributed by atoms with E-state index in [1.54, 1.807) is 50.2 Å². The van der Waals surface area contributed by atoms with Gasteiger partial charge in [-0.15, -0.1) is 0 Å². The van der Waals surface area contributed by atoms with Crippen molar-refractivity contribution in [1.82, 2.24) is 5.32 Å². The van der Waals surface area contributed by atoms with Crippen molar-refractivity contribution >= 4 is 23.5 Å². The molecule has 3 rings (SSSR count). The third kappa shape index (κ3) is 5.24. The number of benzene rings is 2. The molecule has 2 aromatic carbocycles. The van der Waals surface area contributed by atoms with Crippen LogP contribution in [0.4, 0.5) is 5.69 Å². The predicted molar refractivity (Wildman–Crippen MR) is 120 cm³/mol. The number of nitrogens with zero attached hydrogens (tertiary/aromatic N) is 1. The Bertz CT molecular complexity index is 1070. The number of likely N-dealkylation sites (N-methyl/N-ethyl adjacent to an activating group) is 1. The Balaban J connectivity index is 1.64. The van der Waals surface area contributed by atoms with Crippen LogP contribution in [0.3, 0.4) is 0 Å². The van der Waals surface area contributed by atoms with Crippen molar-refractivity contribution in [2.75, 3.05) is 18.6 Å². The van der Waals surface area contributed by atoms with Crippen LogP contribution in [0.1, 0.15) is 35.5 Å². The first-order chi connectivity index (χ1) is 15.3. The van der Waals surface area contributed by atoms with Crippen molar-refractivity contribution in [2.45, 2.75) is 25.8 Å². The molecule has 0 aliphatic heterocycles. The van der Waals surface area contributed by atoms with Crippen molar-refractivity contribution in [3.8, 4) is 0 Å². The summed E-state index contributed by atoms with van der Waals surface area (Å²) < 4.78 is 10.5. The molecule has 32 heavy (non-hydrogen) atoms. The van der Waals surface area contributed by atoms with Crippen molar-refractivity contribution in [1.29, 1.82) is 0 Å². The largest absolute Gasteiger partial charge is 0.467 e. The van der Waals surface area contributed by atoms with Gasteiger partial charge >= 0.3 is 5.97 Å². The van der Waals surface area contributed by atoms with Gasteiger partial charge in [0.2, 0.25) is 0 Å². The Morgan fingerprint density at radius 2 is 1.66 bits per heavy atom. The summed E-state index contributed by atoms with van der Waals surface area (Å²) in [6, 6.07) is 19.5. The molecule has 0 saturated heterocycles. The molecule has 1 N–H and O–H groups in total. The normalized spacial score (nSPS) is 11.0. The standard InChI is InChI=1S/C25H26N2O5/c1-25(2,18-10-5-4-6-11-18)24(30)32-17-22(28)27(3)21-14-8-7-13-20(21)23(29)26-16-19-12-9-15-31-19/h4-15H,16-17H2,1-3H3,(H,26,29). The molecule has 1 heterocycles. The van der Waals surface area contributed by atoms with E-state index >= 15 is 0 Å². The van der Waals surface area contributed by atoms with Gasteiger partial charge in [-0.2, -0.15) is 0 Å². The molecule has 0 bridgehead atoms. The monoisotopic (exact) mass is 434 g/mol. The van der Waals surface area contributed by atoms with Gasteiger partial charge in [0.25, 0.3) is 11.8 Å². The van der Waals surface area contributed by atoms with E-state index in [9.17, 15) is 14.4 Å². The number of ether oxygens (including phenoxy) is 1. The summed E-state index contributed by atoms with van der Waals surface area (Å²) in [6.45, 7) is 3.28. The summed E-state index contributed by atoms with van der Waals surface area (Å²) in [7, 11) is 1.54. The number of carbonyl (C=O) groups is 3. The predicted octanol–water partition coefficient (Wildman–Crippen LogP) is 3.69. The molecule has 0 atom stereocenters. The number of nitrogens with one attached hydrogen (secondary N) is 1. The average Bonchev–Trinajstić information content (AvgIpc) is 3.34. The molecule has 0 saturated carbocycles. The minimum absolute atomic E-state index is 0.226. The number of rotatable bonds is 8. The maximum Gasteiger partial charge on any atom is 0.316 e. The Kier molecular flexibility index (Phi) is 7.10. The van der Waals surface area contributed by atoms with Gasteiger partial charge in [-0.25, -0.2) is 0 Å². The molecule has 2 amide bonds. The van der Waals surface area contributed by atoms with Gasteiger partial charge in [0.1, 0.15) is 5.76 Å². The lowest BCUT2D eigenvalue weighted by Gasteiger charge is -2.24. The lowest BCUT2D eigenvalue weighted by Crippen LogP contribution is -2.37. The van der Waals surface area contributed by atoms with Gasteiger partial charge in [0.15, 0.2) is 6.61 Å². The first kappa shape index (κ1) is 22.8. The van der Waals surface area contributed by atoms with E-state index in [4.69, 9.17) is 9.15 Å². The zero-order chi connectivity index (χ0) is 23.1. The quantitative estimate of drug-likeness (QED) is 0.546. The van der Waals surface area contributed by atoms with Crippen molar-refractivity contribution in [3.05, 3.63) is 89.9 Å². The Morgan fingerprint density at radius 3 is 2.34 bits per heavy atom. The lowest BCUT2D eigenvalue weighted by molar-refractivity contribution is -0.152. The highest BCUT2D eigenvalue weighted by Gasteiger charge is 2.32. The number of anilines is 1. The van der Waals surface area contributed by atoms with Gasteiger partial charge in [0.05, 0.1) is 29.5 Å². The van der Waals surface area contributed by atoms with Crippen molar-refractivity contribution in [3.63, 3.8) is 0 Å². The van der Waals surface area contributed by atoms with Crippen molar-refractivity contribution in [2.24, 2.45) is 0 Å². The zero-order valence-corrected chi connectivity index (χ0v) is 18.3. The third-order valence-corrected chi connectivity index (χ3v) is 5.22. The number of carbonyl (C=O) groups excluding carboxylic acids is 3. The third-order valence-electron chi connectivity index (χ3n) is 5.22. The fourth-order valence-corrected chi connectivity index (χ4v) is 3.15. The number of hydrogen-bond donors (Lipinski definition) is 1. The van der Waals surface area contributed by atoms with Crippen molar-refractivity contribution < 1.29 is 23.5 Å². The fraction of sp³-hybridized carbons (Fsp3) is 0.240. The van der Waals surface area contributed by atoms with E-state index in [0.717, 1.165) is 5.56 Å². The van der Waals surface area contributed by atoms with Crippen LogP contribution in [0.25, 0.3) is 0 Å². The van der Waals surface area contributed by atoms with Gasteiger partial charge in [-0.3, -0.25) is 14.4 Å². The molecular weight excluding hydrogens is 408 g/mol. The molecule has 0 spiro atoms. The summed E-state index contributed by atoms with van der Waals surface area (Å²) in [5.41, 5.74) is 0.632. The van der Waals surface area contributed by atoms with Crippen LogP contribution in [0.2, 0.25) is 0 Å². The minimum Gasteiger partial charge on any atom is -0.467 e. The smallest absolute Gasteiger partial charge is 0.316 e. The van der Waals surface area contributed by atoms with E-state index in [1.165, 1.54) is 18.2 Å². The zero-order valence-electron chi connectivity index (χ0n) is 18.3. The topological polar surface area (TPSA) is 88.8 Å². The van der Waals surface area contributed by atoms with Gasteiger partial charge < -0.3 is 19.4 Å². The number of hydrogen-bond acceptors (Lipinski definition) is 5. The second-order valence-electron chi connectivity index (χ2n) is 7.80. The Morgan fingerprint density at radius 1 is 0.969 bits per heavy atom. The molecule has 0 aliphatic carbocycles. The van der Waals surface area contributed by atoms with E-state index in [1.807, 2.05) is 30.3 Å². The van der Waals surface area contributed by atoms with Crippen LogP contribution in [0.15, 0.2) is 77.4 Å². The lowest BCUT2D eigenvalue weighted by atomic mass is 9.85. The number of esters is 1. The summed E-state index contributed by atoms with van der Waals surface area (Å²) in [5, 5.41) is 2.77. The second-order valence-corrected chi connectivity index (χ2v) is 7.80. The highest BCUT2D eigenvalue weighted by Crippen LogP contribution is 2.25. The molecule has 0 radical (unpaired) electrons. The van der Waals surface area contributed by atoms with E-state index in [2.05, 4.69) is 5.32 Å². The molecule has 0 fully saturated rings. The van der Waals surface area contributed by atoms with Crippen LogP contribution in [-0.2, 0) is 26.3 Å². The molecule has 7 heteroatoms. The van der Waals surface area contributed by atoms with E-state index in [0.29, 0.717) is 17.0 Å². The Labute approximate surface area is 187 Å². The number of amides is 2. The number of furan rings is 1. The molecule has 7 nitrogen and oxygen atoms in total. The summed E-state index contributed by atoms with van der Waals surface area (Å²) in [5.74, 6) is -0.685. The Hall–Kier alpha value is -3.87. The first-order valence-corrected chi connectivity index (χ1v) is 10.2. The molecule has 166 valence electrons. The highest BCUT2D eigenvalue weighted by atomic mass is 16.5. The molecule has 3 aromatic rings. The molecular formula is C25H26N2O5. The van der Waals surface area contributed by atoms with Crippen LogP contribution in [0, 0.1) is 0 Å². The average molecular weight is 434 g/mol. The summed E-state index contributed by atoms with van der Waals surface area (Å²) in [4.78, 5) is 39.3. The van der Waals surface area contributed by atoms with Crippen LogP contribution in [-0.4, -0.2) is 31.4 Å². The van der Waals surface area contributed by atoms with Gasteiger partial charge in [0, 0.05) is 7.05 Å². The van der Waals surface area contributed by atoms with Crippen LogP contribution < -0.4 is 10.2 Å². The summed E-state index contributed by atoms with van der Waals surface area (Å²) in [6.07, 6.45) is 1.53. The maximum atomic E-state index is 12.7. The van der Waals surface area contributed by atoms with E-state index < -0.39 is 23.9 Å². The molecule has 0 unspecified atom stereocenters. The van der Waals surface area contributed by atoms with Gasteiger partial charge in [-0.05, 0) is 43.7 Å². The SMILES string of the molecule is CN(C(=O)COC(=O)C(C)(C)c1ccccc1)c1ccccc1C(=O)NCc1ccco1. The summed E-state index contributed by atoms with van der Waals surface area (Å²) >= 11 is 0. The highest BCUT2D eigenvalue weighted by molar-refractivity contribution is 6.05. The van der Waals surface area contributed by atoms with E-state index in [-0.39, 0.29) is 12.5 Å². The fourth-order valence-electron chi connectivity index (χ4n) is 3.15. The molecule has 0 aliphatic rings. The minimum atomic E-state index is -0.899. The van der Waals surface area contributed by atoms with Crippen LogP contribution in [0.5, 0.6) is 0 Å². The maximum absolute atomic E-state index is 12.7. The van der Waals surface area contributed by atoms with Crippen LogP contribution >= 0.6 is 0 Å². The molecule has 1 aromatic heterocycles.